The second kappa shape index (κ2) is 12.1. The highest BCUT2D eigenvalue weighted by molar-refractivity contribution is 4.91. The molecule has 110 valence electrons. The van der Waals surface area contributed by atoms with Crippen LogP contribution >= 0.6 is 0 Å². The molecule has 1 aromatic heterocycles. The Morgan fingerprint density at radius 2 is 1.47 bits per heavy atom. The van der Waals surface area contributed by atoms with Gasteiger partial charge in [0.25, 0.3) is 0 Å². The minimum absolute atomic E-state index is 0.526. The van der Waals surface area contributed by atoms with Gasteiger partial charge in [-0.25, -0.2) is 4.98 Å². The third kappa shape index (κ3) is 9.57. The maximum absolute atomic E-state index is 5.38. The van der Waals surface area contributed by atoms with Gasteiger partial charge in [0, 0.05) is 6.54 Å². The topological polar surface area (TPSA) is 91.6 Å². The fourth-order valence-electron chi connectivity index (χ4n) is 1.29. The largest absolute Gasteiger partial charge is 0.378 e. The molecule has 7 nitrogen and oxygen atoms in total. The van der Waals surface area contributed by atoms with Crippen molar-refractivity contribution >= 4 is 0 Å². The van der Waals surface area contributed by atoms with E-state index in [-0.39, 0.29) is 0 Å². The third-order valence-corrected chi connectivity index (χ3v) is 2.19. The Morgan fingerprint density at radius 1 is 0.895 bits per heavy atom. The molecule has 0 bridgehead atoms. The molecule has 0 aliphatic heterocycles. The van der Waals surface area contributed by atoms with Gasteiger partial charge in [-0.3, -0.25) is 0 Å². The highest BCUT2D eigenvalue weighted by atomic mass is 16.6. The van der Waals surface area contributed by atoms with Gasteiger partial charge in [0.1, 0.15) is 0 Å². The second-order valence-electron chi connectivity index (χ2n) is 3.76. The molecular weight excluding hydrogens is 250 g/mol. The van der Waals surface area contributed by atoms with Gasteiger partial charge in [0.15, 0.2) is 0 Å². The lowest BCUT2D eigenvalue weighted by Crippen LogP contribution is -2.14. The number of imidazole rings is 1. The van der Waals surface area contributed by atoms with Crippen molar-refractivity contribution < 1.29 is 18.9 Å². The van der Waals surface area contributed by atoms with Crippen molar-refractivity contribution in [1.82, 2.24) is 9.97 Å². The van der Waals surface area contributed by atoms with E-state index in [1.165, 1.54) is 0 Å². The van der Waals surface area contributed by atoms with Gasteiger partial charge in [-0.05, 0) is 0 Å². The monoisotopic (exact) mass is 273 g/mol. The first-order valence-corrected chi connectivity index (χ1v) is 6.41. The van der Waals surface area contributed by atoms with Crippen LogP contribution in [0.25, 0.3) is 0 Å². The van der Waals surface area contributed by atoms with E-state index in [2.05, 4.69) is 9.97 Å². The zero-order chi connectivity index (χ0) is 13.6. The van der Waals surface area contributed by atoms with Gasteiger partial charge in [-0.2, -0.15) is 0 Å². The Morgan fingerprint density at radius 3 is 2.00 bits per heavy atom. The number of H-pyrrole nitrogens is 1. The number of nitrogens with zero attached hydrogens (tertiary/aromatic N) is 1. The number of nitrogens with two attached hydrogens (primary N) is 1. The maximum Gasteiger partial charge on any atom is 0.0922 e. The van der Waals surface area contributed by atoms with Crippen LogP contribution < -0.4 is 5.73 Å². The minimum atomic E-state index is 0.526. The van der Waals surface area contributed by atoms with E-state index >= 15 is 0 Å². The molecule has 7 heteroatoms. The van der Waals surface area contributed by atoms with Crippen LogP contribution in [0.5, 0.6) is 0 Å². The summed E-state index contributed by atoms with van der Waals surface area (Å²) in [6.07, 6.45) is 3.37. The summed E-state index contributed by atoms with van der Waals surface area (Å²) in [5, 5.41) is 0. The molecule has 0 aromatic carbocycles. The van der Waals surface area contributed by atoms with E-state index in [4.69, 9.17) is 24.7 Å². The van der Waals surface area contributed by atoms with Crippen molar-refractivity contribution in [2.45, 2.75) is 6.61 Å². The number of rotatable bonds is 13. The molecule has 1 aromatic rings. The maximum atomic E-state index is 5.38. The number of hydrogen-bond acceptors (Lipinski definition) is 6. The van der Waals surface area contributed by atoms with Crippen molar-refractivity contribution in [3.8, 4) is 0 Å². The zero-order valence-electron chi connectivity index (χ0n) is 11.2. The fraction of sp³-hybridized carbons (Fsp3) is 0.750. The van der Waals surface area contributed by atoms with E-state index in [1.807, 2.05) is 0 Å². The predicted molar refractivity (Wildman–Crippen MR) is 69.8 cm³/mol. The first kappa shape index (κ1) is 16.1. The number of ether oxygens (including phenoxy) is 4. The molecule has 0 aliphatic rings. The molecule has 1 rings (SSSR count). The zero-order valence-corrected chi connectivity index (χ0v) is 11.2. The van der Waals surface area contributed by atoms with Gasteiger partial charge in [-0.15, -0.1) is 0 Å². The van der Waals surface area contributed by atoms with Gasteiger partial charge in [0.05, 0.1) is 71.1 Å². The lowest BCUT2D eigenvalue weighted by molar-refractivity contribution is -0.00365. The molecular formula is C12H23N3O4. The SMILES string of the molecule is NCCOCCOCCOCCOCc1cnc[nH]1. The van der Waals surface area contributed by atoms with Crippen LogP contribution in [-0.2, 0) is 25.6 Å². The molecule has 0 spiro atoms. The van der Waals surface area contributed by atoms with Gasteiger partial charge < -0.3 is 29.7 Å². The standard InChI is InChI=1S/C12H23N3O4/c13-1-2-16-3-4-17-5-6-18-7-8-19-10-12-9-14-11-15-12/h9,11H,1-8,10,13H2,(H,14,15). The van der Waals surface area contributed by atoms with Crippen LogP contribution in [0, 0.1) is 0 Å². The van der Waals surface area contributed by atoms with E-state index < -0.39 is 0 Å². The third-order valence-electron chi connectivity index (χ3n) is 2.19. The first-order chi connectivity index (χ1) is 9.43. The Labute approximate surface area is 113 Å². The summed E-state index contributed by atoms with van der Waals surface area (Å²) < 4.78 is 21.2. The molecule has 0 saturated heterocycles. The molecule has 0 atom stereocenters. The smallest absolute Gasteiger partial charge is 0.0922 e. The normalized spacial score (nSPS) is 11.0. The molecule has 0 amide bonds. The molecule has 0 saturated carbocycles. The van der Waals surface area contributed by atoms with Gasteiger partial charge >= 0.3 is 0 Å². The number of nitrogens with one attached hydrogen (secondary N) is 1. The van der Waals surface area contributed by atoms with Crippen LogP contribution in [0.1, 0.15) is 5.69 Å². The highest BCUT2D eigenvalue weighted by Crippen LogP contribution is 1.93. The summed E-state index contributed by atoms with van der Waals surface area (Å²) in [7, 11) is 0. The lowest BCUT2D eigenvalue weighted by Gasteiger charge is -2.06. The summed E-state index contributed by atoms with van der Waals surface area (Å²) in [5.74, 6) is 0. The van der Waals surface area contributed by atoms with Crippen LogP contribution in [0.3, 0.4) is 0 Å². The Balaban J connectivity index is 1.72. The summed E-state index contributed by atoms with van der Waals surface area (Å²) in [4.78, 5) is 6.86. The van der Waals surface area contributed by atoms with Crippen molar-refractivity contribution in [2.75, 3.05) is 52.8 Å². The predicted octanol–water partition coefficient (Wildman–Crippen LogP) is -0.0652. The van der Waals surface area contributed by atoms with E-state index in [0.717, 1.165) is 5.69 Å². The van der Waals surface area contributed by atoms with Crippen LogP contribution in [0.15, 0.2) is 12.5 Å². The van der Waals surface area contributed by atoms with E-state index in [9.17, 15) is 0 Å². The van der Waals surface area contributed by atoms with Crippen LogP contribution in [-0.4, -0.2) is 62.8 Å². The Kier molecular flexibility index (Phi) is 10.2. The number of hydrogen-bond donors (Lipinski definition) is 2. The van der Waals surface area contributed by atoms with Crippen molar-refractivity contribution in [3.05, 3.63) is 18.2 Å². The highest BCUT2D eigenvalue weighted by Gasteiger charge is 1.94. The summed E-state index contributed by atoms with van der Waals surface area (Å²) in [6, 6.07) is 0. The number of aromatic amines is 1. The minimum Gasteiger partial charge on any atom is -0.378 e. The summed E-state index contributed by atoms with van der Waals surface area (Å²) in [5.41, 5.74) is 6.24. The summed E-state index contributed by atoms with van der Waals surface area (Å²) in [6.45, 7) is 5.02. The second-order valence-corrected chi connectivity index (χ2v) is 3.76. The summed E-state index contributed by atoms with van der Waals surface area (Å²) >= 11 is 0. The first-order valence-electron chi connectivity index (χ1n) is 6.41. The molecule has 0 fully saturated rings. The molecule has 19 heavy (non-hydrogen) atoms. The van der Waals surface area contributed by atoms with Gasteiger partial charge in [-0.1, -0.05) is 0 Å². The van der Waals surface area contributed by atoms with Crippen LogP contribution in [0.2, 0.25) is 0 Å². The Bertz CT molecular complexity index is 283. The van der Waals surface area contributed by atoms with Gasteiger partial charge in [0.2, 0.25) is 0 Å². The molecule has 0 aliphatic carbocycles. The molecule has 3 N–H and O–H groups in total. The van der Waals surface area contributed by atoms with Crippen molar-refractivity contribution in [3.63, 3.8) is 0 Å². The Hall–Kier alpha value is -0.990. The molecule has 0 unspecified atom stereocenters. The quantitative estimate of drug-likeness (QED) is 0.489. The number of aromatic nitrogens is 2. The molecule has 1 heterocycles. The van der Waals surface area contributed by atoms with E-state index in [0.29, 0.717) is 59.4 Å². The van der Waals surface area contributed by atoms with E-state index in [1.54, 1.807) is 12.5 Å². The molecule has 0 radical (unpaired) electrons. The lowest BCUT2D eigenvalue weighted by atomic mass is 10.5. The van der Waals surface area contributed by atoms with Crippen LogP contribution in [0.4, 0.5) is 0 Å². The average molecular weight is 273 g/mol. The average Bonchev–Trinajstić information content (AvgIpc) is 2.93. The fourth-order valence-corrected chi connectivity index (χ4v) is 1.29. The van der Waals surface area contributed by atoms with Crippen molar-refractivity contribution in [1.29, 1.82) is 0 Å². The van der Waals surface area contributed by atoms with Crippen molar-refractivity contribution in [2.24, 2.45) is 5.73 Å².